The molecule has 1 atom stereocenters. The van der Waals surface area contributed by atoms with Crippen LogP contribution >= 0.6 is 11.8 Å². The number of fused-ring (bicyclic) bond motifs is 1. The Balaban J connectivity index is 1.46. The van der Waals surface area contributed by atoms with Gasteiger partial charge < -0.3 is 10.6 Å². The van der Waals surface area contributed by atoms with Crippen LogP contribution in [0.4, 0.5) is 17.3 Å². The van der Waals surface area contributed by atoms with Gasteiger partial charge in [0, 0.05) is 24.1 Å². The summed E-state index contributed by atoms with van der Waals surface area (Å²) in [6.45, 7) is 1.42. The van der Waals surface area contributed by atoms with E-state index >= 15 is 0 Å². The smallest absolute Gasteiger partial charge is 0.249 e. The topological polar surface area (TPSA) is 118 Å². The molecule has 10 heteroatoms. The quantitative estimate of drug-likeness (QED) is 0.511. The van der Waals surface area contributed by atoms with Crippen LogP contribution in [0.2, 0.25) is 0 Å². The normalized spacial score (nSPS) is 15.0. The molecule has 1 aromatic heterocycles. The highest BCUT2D eigenvalue weighted by Gasteiger charge is 2.33. The van der Waals surface area contributed by atoms with Crippen LogP contribution in [0.25, 0.3) is 0 Å². The molecule has 158 valence electrons. The predicted molar refractivity (Wildman–Crippen MR) is 118 cm³/mol. The van der Waals surface area contributed by atoms with Gasteiger partial charge in [-0.2, -0.15) is 4.98 Å². The Morgan fingerprint density at radius 3 is 2.45 bits per heavy atom. The summed E-state index contributed by atoms with van der Waals surface area (Å²) in [4.78, 5) is 40.5. The number of anilines is 3. The first-order chi connectivity index (χ1) is 15.0. The van der Waals surface area contributed by atoms with Gasteiger partial charge >= 0.3 is 0 Å². The second kappa shape index (κ2) is 9.00. The molecule has 0 bridgehead atoms. The third kappa shape index (κ3) is 5.10. The fourth-order valence-corrected chi connectivity index (χ4v) is 3.88. The van der Waals surface area contributed by atoms with Crippen molar-refractivity contribution in [3.63, 3.8) is 0 Å². The Morgan fingerprint density at radius 1 is 1.10 bits per heavy atom. The van der Waals surface area contributed by atoms with E-state index in [0.717, 1.165) is 5.56 Å². The van der Waals surface area contributed by atoms with Gasteiger partial charge in [0.05, 0.1) is 6.42 Å². The summed E-state index contributed by atoms with van der Waals surface area (Å²) in [5.41, 5.74) is 2.30. The number of rotatable bonds is 6. The third-order valence-electron chi connectivity index (χ3n) is 4.52. The lowest BCUT2D eigenvalue weighted by atomic mass is 10.1. The zero-order valence-electron chi connectivity index (χ0n) is 16.7. The molecule has 9 nitrogen and oxygen atoms in total. The largest absolute Gasteiger partial charge is 0.326 e. The number of hydrogen-bond acceptors (Lipinski definition) is 6. The number of nitrogens with one attached hydrogen (secondary N) is 3. The van der Waals surface area contributed by atoms with Crippen LogP contribution in [0, 0.1) is 0 Å². The fraction of sp³-hybridized carbons (Fsp3) is 0.190. The van der Waals surface area contributed by atoms with Gasteiger partial charge in [0.1, 0.15) is 6.04 Å². The monoisotopic (exact) mass is 436 g/mol. The van der Waals surface area contributed by atoms with E-state index in [1.54, 1.807) is 24.3 Å². The lowest BCUT2D eigenvalue weighted by molar-refractivity contribution is -0.125. The van der Waals surface area contributed by atoms with Crippen LogP contribution in [0.5, 0.6) is 0 Å². The van der Waals surface area contributed by atoms with Crippen molar-refractivity contribution in [3.8, 4) is 0 Å². The Bertz CT molecular complexity index is 1110. The highest BCUT2D eigenvalue weighted by Crippen LogP contribution is 2.28. The Labute approximate surface area is 182 Å². The minimum absolute atomic E-state index is 0.0328. The van der Waals surface area contributed by atoms with E-state index in [1.807, 2.05) is 30.3 Å². The number of amides is 3. The van der Waals surface area contributed by atoms with Crippen molar-refractivity contribution in [1.82, 2.24) is 14.8 Å². The van der Waals surface area contributed by atoms with Crippen molar-refractivity contribution in [2.24, 2.45) is 0 Å². The van der Waals surface area contributed by atoms with Gasteiger partial charge in [-0.05, 0) is 29.8 Å². The molecule has 0 aliphatic carbocycles. The minimum Gasteiger partial charge on any atom is -0.326 e. The Hall–Kier alpha value is -3.66. The van der Waals surface area contributed by atoms with Gasteiger partial charge in [-0.25, -0.2) is 4.68 Å². The first kappa shape index (κ1) is 20.6. The van der Waals surface area contributed by atoms with Crippen LogP contribution in [-0.2, 0) is 20.1 Å². The van der Waals surface area contributed by atoms with Gasteiger partial charge in [0.2, 0.25) is 28.8 Å². The molecule has 1 aliphatic heterocycles. The summed E-state index contributed by atoms with van der Waals surface area (Å²) in [7, 11) is 0. The fourth-order valence-electron chi connectivity index (χ4n) is 3.10. The molecule has 0 saturated heterocycles. The van der Waals surface area contributed by atoms with E-state index in [9.17, 15) is 14.4 Å². The van der Waals surface area contributed by atoms with Crippen LogP contribution in [0.3, 0.4) is 0 Å². The molecule has 0 unspecified atom stereocenters. The molecule has 0 radical (unpaired) electrons. The van der Waals surface area contributed by atoms with Crippen LogP contribution in [-0.4, -0.2) is 32.5 Å². The van der Waals surface area contributed by atoms with E-state index in [4.69, 9.17) is 0 Å². The molecule has 4 rings (SSSR count). The lowest BCUT2D eigenvalue weighted by Gasteiger charge is -2.22. The SMILES string of the molecule is CC(=O)Nc1ccc(NC(=O)[C@H]2CC(=O)Nc3nc(SCc4ccccc4)nn32)cc1. The Morgan fingerprint density at radius 2 is 1.77 bits per heavy atom. The van der Waals surface area contributed by atoms with Gasteiger partial charge in [0.15, 0.2) is 0 Å². The van der Waals surface area contributed by atoms with E-state index in [1.165, 1.54) is 23.4 Å². The molecule has 3 aromatic rings. The molecule has 2 heterocycles. The molecule has 0 spiro atoms. The number of thioether (sulfide) groups is 1. The van der Waals surface area contributed by atoms with Gasteiger partial charge in [-0.15, -0.1) is 5.10 Å². The maximum Gasteiger partial charge on any atom is 0.249 e. The van der Waals surface area contributed by atoms with Gasteiger partial charge in [0.25, 0.3) is 0 Å². The average molecular weight is 436 g/mol. The zero-order valence-corrected chi connectivity index (χ0v) is 17.5. The number of aromatic nitrogens is 3. The number of carbonyl (C=O) groups excluding carboxylic acids is 3. The summed E-state index contributed by atoms with van der Waals surface area (Å²) >= 11 is 1.43. The summed E-state index contributed by atoms with van der Waals surface area (Å²) in [5.74, 6) is 0.0987. The van der Waals surface area contributed by atoms with E-state index in [2.05, 4.69) is 26.0 Å². The highest BCUT2D eigenvalue weighted by atomic mass is 32.2. The molecular formula is C21H20N6O3S. The second-order valence-corrected chi connectivity index (χ2v) is 7.90. The standard InChI is InChI=1S/C21H20N6O3S/c1-13(28)22-15-7-9-16(10-8-15)23-19(30)17-11-18(29)24-20-25-21(26-27(17)20)31-12-14-5-3-2-4-6-14/h2-10,17H,11-12H2,1H3,(H,22,28)(H,23,30)(H,24,25,26,29)/t17-/m1/s1. The predicted octanol–water partition coefficient (Wildman–Crippen LogP) is 3.05. The van der Waals surface area contributed by atoms with Gasteiger partial charge in [-0.3, -0.25) is 19.7 Å². The number of hydrogen-bond donors (Lipinski definition) is 3. The van der Waals surface area contributed by atoms with E-state index in [-0.39, 0.29) is 30.1 Å². The molecule has 1 aliphatic rings. The van der Waals surface area contributed by atoms with Crippen LogP contribution < -0.4 is 16.0 Å². The first-order valence-corrected chi connectivity index (χ1v) is 10.6. The summed E-state index contributed by atoms with van der Waals surface area (Å²) < 4.78 is 1.45. The molecule has 0 saturated carbocycles. The van der Waals surface area contributed by atoms with Crippen molar-refractivity contribution in [2.75, 3.05) is 16.0 Å². The minimum atomic E-state index is -0.808. The van der Waals surface area contributed by atoms with Crippen molar-refractivity contribution in [3.05, 3.63) is 60.2 Å². The molecular weight excluding hydrogens is 416 g/mol. The molecule has 0 fully saturated rings. The van der Waals surface area contributed by atoms with Gasteiger partial charge in [-0.1, -0.05) is 42.1 Å². The maximum absolute atomic E-state index is 12.9. The molecule has 3 N–H and O–H groups in total. The lowest BCUT2D eigenvalue weighted by Crippen LogP contribution is -2.36. The average Bonchev–Trinajstić information content (AvgIpc) is 3.16. The van der Waals surface area contributed by atoms with E-state index < -0.39 is 6.04 Å². The molecule has 2 aromatic carbocycles. The summed E-state index contributed by atoms with van der Waals surface area (Å²) in [5, 5.41) is 13.0. The summed E-state index contributed by atoms with van der Waals surface area (Å²) in [6.07, 6.45) is -0.0328. The van der Waals surface area contributed by atoms with Crippen molar-refractivity contribution >= 4 is 46.8 Å². The summed E-state index contributed by atoms with van der Waals surface area (Å²) in [6, 6.07) is 15.8. The second-order valence-electron chi connectivity index (χ2n) is 6.95. The molecule has 31 heavy (non-hydrogen) atoms. The number of carbonyl (C=O) groups is 3. The molecule has 3 amide bonds. The van der Waals surface area contributed by atoms with Crippen molar-refractivity contribution in [1.29, 1.82) is 0 Å². The Kier molecular flexibility index (Phi) is 5.99. The van der Waals surface area contributed by atoms with Crippen molar-refractivity contribution < 1.29 is 14.4 Å². The van der Waals surface area contributed by atoms with Crippen molar-refractivity contribution in [2.45, 2.75) is 30.3 Å². The number of nitrogens with zero attached hydrogens (tertiary/aromatic N) is 3. The van der Waals surface area contributed by atoms with Crippen LogP contribution in [0.1, 0.15) is 24.9 Å². The van der Waals surface area contributed by atoms with E-state index in [0.29, 0.717) is 22.3 Å². The maximum atomic E-state index is 12.9. The number of benzene rings is 2. The first-order valence-electron chi connectivity index (χ1n) is 9.59. The van der Waals surface area contributed by atoms with Crippen LogP contribution in [0.15, 0.2) is 59.8 Å². The highest BCUT2D eigenvalue weighted by molar-refractivity contribution is 7.98. The zero-order chi connectivity index (χ0) is 21.8. The third-order valence-corrected chi connectivity index (χ3v) is 5.43.